The van der Waals surface area contributed by atoms with Crippen molar-refractivity contribution in [3.05, 3.63) is 56.4 Å². The van der Waals surface area contributed by atoms with E-state index in [0.29, 0.717) is 11.6 Å². The molecule has 0 aliphatic heterocycles. The first kappa shape index (κ1) is 21.4. The third kappa shape index (κ3) is 3.72. The van der Waals surface area contributed by atoms with E-state index in [4.69, 9.17) is 39.7 Å². The molecule has 1 aliphatic rings. The summed E-state index contributed by atoms with van der Waals surface area (Å²) in [6.45, 7) is 0. The quantitative estimate of drug-likeness (QED) is 0.332. The van der Waals surface area contributed by atoms with Crippen molar-refractivity contribution in [3.8, 4) is 5.82 Å². The Morgan fingerprint density at radius 1 is 1.21 bits per heavy atom. The van der Waals surface area contributed by atoms with Crippen LogP contribution < -0.4 is 22.3 Å². The molecule has 0 amide bonds. The third-order valence-corrected chi connectivity index (χ3v) is 6.38. The summed E-state index contributed by atoms with van der Waals surface area (Å²) < 4.78 is 15.4. The summed E-state index contributed by atoms with van der Waals surface area (Å²) in [5.41, 5.74) is 11.3. The summed E-state index contributed by atoms with van der Waals surface area (Å²) in [7, 11) is 0. The van der Waals surface area contributed by atoms with Gasteiger partial charge in [-0.3, -0.25) is 9.89 Å². The maximum absolute atomic E-state index is 14.1. The van der Waals surface area contributed by atoms with Crippen LogP contribution in [0.4, 0.5) is 22.0 Å². The molecule has 1 aromatic carbocycles. The van der Waals surface area contributed by atoms with Gasteiger partial charge in [0.25, 0.3) is 5.56 Å². The highest BCUT2D eigenvalue weighted by Gasteiger charge is 2.34. The SMILES string of the molecule is Nc1nc(N)c(Cl)c(N[C@H](c2nc3c(Cl)cc(F)cc3c(=O)n2-c2cc[nH]n2)C2CCC2)n1. The Morgan fingerprint density at radius 3 is 2.67 bits per heavy atom. The molecular formula is C20H18Cl2FN9O. The van der Waals surface area contributed by atoms with E-state index >= 15 is 0 Å². The zero-order valence-electron chi connectivity index (χ0n) is 17.0. The van der Waals surface area contributed by atoms with E-state index < -0.39 is 17.4 Å². The molecule has 4 aromatic rings. The van der Waals surface area contributed by atoms with E-state index in [2.05, 4.69) is 25.5 Å². The molecule has 6 N–H and O–H groups in total. The van der Waals surface area contributed by atoms with Gasteiger partial charge in [0, 0.05) is 12.3 Å². The average Bonchev–Trinajstić information content (AvgIpc) is 3.24. The molecule has 1 fully saturated rings. The monoisotopic (exact) mass is 489 g/mol. The normalized spacial score (nSPS) is 14.9. The molecule has 170 valence electrons. The fraction of sp³-hybridized carbons (Fsp3) is 0.250. The number of hydrogen-bond donors (Lipinski definition) is 4. The molecule has 0 bridgehead atoms. The van der Waals surface area contributed by atoms with Crippen molar-refractivity contribution in [2.75, 3.05) is 16.8 Å². The molecule has 3 aromatic heterocycles. The summed E-state index contributed by atoms with van der Waals surface area (Å²) in [6.07, 6.45) is 4.33. The fourth-order valence-electron chi connectivity index (χ4n) is 3.93. The van der Waals surface area contributed by atoms with Gasteiger partial charge < -0.3 is 16.8 Å². The van der Waals surface area contributed by atoms with Gasteiger partial charge in [0.15, 0.2) is 11.6 Å². The van der Waals surface area contributed by atoms with Gasteiger partial charge >= 0.3 is 0 Å². The van der Waals surface area contributed by atoms with E-state index in [1.54, 1.807) is 12.3 Å². The molecule has 0 unspecified atom stereocenters. The number of halogens is 3. The van der Waals surface area contributed by atoms with Crippen molar-refractivity contribution in [3.63, 3.8) is 0 Å². The minimum absolute atomic E-state index is 0.0220. The Hall–Kier alpha value is -3.44. The first-order chi connectivity index (χ1) is 15.8. The number of nitrogens with two attached hydrogens (primary N) is 2. The molecule has 5 rings (SSSR count). The second-order valence-electron chi connectivity index (χ2n) is 7.77. The molecule has 1 atom stereocenters. The summed E-state index contributed by atoms with van der Waals surface area (Å²) >= 11 is 12.6. The summed E-state index contributed by atoms with van der Waals surface area (Å²) in [6, 6.07) is 3.32. The molecule has 0 spiro atoms. The van der Waals surface area contributed by atoms with Gasteiger partial charge in [-0.05, 0) is 30.9 Å². The van der Waals surface area contributed by atoms with E-state index in [1.807, 2.05) is 0 Å². The first-order valence-electron chi connectivity index (χ1n) is 10.1. The number of nitrogens with zero attached hydrogens (tertiary/aromatic N) is 5. The average molecular weight is 490 g/mol. The lowest BCUT2D eigenvalue weighted by molar-refractivity contribution is 0.268. The highest BCUT2D eigenvalue weighted by molar-refractivity contribution is 6.35. The van der Waals surface area contributed by atoms with Crippen LogP contribution in [0.3, 0.4) is 0 Å². The molecule has 1 aliphatic carbocycles. The van der Waals surface area contributed by atoms with Crippen molar-refractivity contribution in [1.29, 1.82) is 0 Å². The molecule has 10 nitrogen and oxygen atoms in total. The van der Waals surface area contributed by atoms with Crippen molar-refractivity contribution in [2.45, 2.75) is 25.3 Å². The van der Waals surface area contributed by atoms with E-state index in [1.165, 1.54) is 4.57 Å². The number of H-pyrrole nitrogens is 1. The van der Waals surface area contributed by atoms with Crippen LogP contribution in [0.1, 0.15) is 31.1 Å². The molecular weight excluding hydrogens is 472 g/mol. The van der Waals surface area contributed by atoms with Crippen LogP contribution >= 0.6 is 23.2 Å². The van der Waals surface area contributed by atoms with Crippen molar-refractivity contribution >= 4 is 51.7 Å². The van der Waals surface area contributed by atoms with Crippen LogP contribution in [0, 0.1) is 11.7 Å². The smallest absolute Gasteiger partial charge is 0.267 e. The van der Waals surface area contributed by atoms with E-state index in [9.17, 15) is 9.18 Å². The van der Waals surface area contributed by atoms with Crippen molar-refractivity contribution < 1.29 is 4.39 Å². The minimum Gasteiger partial charge on any atom is -0.382 e. The highest BCUT2D eigenvalue weighted by atomic mass is 35.5. The number of nitrogens with one attached hydrogen (secondary N) is 2. The summed E-state index contributed by atoms with van der Waals surface area (Å²) in [5, 5.41) is 10.3. The second kappa shape index (κ2) is 8.16. The zero-order chi connectivity index (χ0) is 23.3. The third-order valence-electron chi connectivity index (χ3n) is 5.72. The Bertz CT molecular complexity index is 1420. The highest BCUT2D eigenvalue weighted by Crippen LogP contribution is 2.41. The van der Waals surface area contributed by atoms with Crippen LogP contribution in [-0.2, 0) is 0 Å². The standard InChI is InChI=1S/C20H18Cl2FN9O/c21-11-7-9(23)6-10-15(11)28-18(32(19(10)33)12-4-5-26-31-12)14(8-2-1-3-8)27-17-13(22)16(24)29-20(25)30-17/h4-8,14H,1-3H2,(H,26,31)(H5,24,25,27,29,30)/t14-/m0/s1. The number of aromatic nitrogens is 6. The van der Waals surface area contributed by atoms with Gasteiger partial charge in [0.2, 0.25) is 5.95 Å². The molecule has 0 radical (unpaired) electrons. The maximum Gasteiger partial charge on any atom is 0.267 e. The van der Waals surface area contributed by atoms with Gasteiger partial charge in [-0.1, -0.05) is 29.6 Å². The molecule has 33 heavy (non-hydrogen) atoms. The number of rotatable bonds is 5. The van der Waals surface area contributed by atoms with Gasteiger partial charge in [-0.15, -0.1) is 0 Å². The Labute approximate surface area is 196 Å². The fourth-order valence-corrected chi connectivity index (χ4v) is 4.32. The lowest BCUT2D eigenvalue weighted by Crippen LogP contribution is -2.34. The second-order valence-corrected chi connectivity index (χ2v) is 8.55. The molecule has 1 saturated carbocycles. The number of benzene rings is 1. The largest absolute Gasteiger partial charge is 0.382 e. The minimum atomic E-state index is -0.639. The van der Waals surface area contributed by atoms with Gasteiger partial charge in [0.05, 0.1) is 22.0 Å². The number of hydrogen-bond acceptors (Lipinski definition) is 8. The van der Waals surface area contributed by atoms with Crippen LogP contribution in [0.2, 0.25) is 10.0 Å². The lowest BCUT2D eigenvalue weighted by atomic mass is 9.79. The predicted molar refractivity (Wildman–Crippen MR) is 124 cm³/mol. The van der Waals surface area contributed by atoms with Crippen LogP contribution in [0.25, 0.3) is 16.7 Å². The van der Waals surface area contributed by atoms with Gasteiger partial charge in [0.1, 0.15) is 22.5 Å². The van der Waals surface area contributed by atoms with Crippen molar-refractivity contribution in [2.24, 2.45) is 5.92 Å². The Morgan fingerprint density at radius 2 is 2.00 bits per heavy atom. The molecule has 3 heterocycles. The summed E-state index contributed by atoms with van der Waals surface area (Å²) in [5.74, 6) is 0.252. The van der Waals surface area contributed by atoms with Crippen LogP contribution in [0.15, 0.2) is 29.2 Å². The topological polar surface area (TPSA) is 153 Å². The number of fused-ring (bicyclic) bond motifs is 1. The van der Waals surface area contributed by atoms with Crippen LogP contribution in [-0.4, -0.2) is 29.7 Å². The number of aromatic amines is 1. The zero-order valence-corrected chi connectivity index (χ0v) is 18.5. The van der Waals surface area contributed by atoms with Crippen molar-refractivity contribution in [1.82, 2.24) is 29.7 Å². The first-order valence-corrected chi connectivity index (χ1v) is 10.9. The Kier molecular flexibility index (Phi) is 5.29. The van der Waals surface area contributed by atoms with E-state index in [0.717, 1.165) is 31.4 Å². The van der Waals surface area contributed by atoms with Gasteiger partial charge in [-0.2, -0.15) is 15.1 Å². The lowest BCUT2D eigenvalue weighted by Gasteiger charge is -2.35. The van der Waals surface area contributed by atoms with E-state index in [-0.39, 0.29) is 44.5 Å². The molecule has 0 saturated heterocycles. The molecule has 13 heteroatoms. The Balaban J connectivity index is 1.77. The predicted octanol–water partition coefficient (Wildman–Crippen LogP) is 3.46. The van der Waals surface area contributed by atoms with Gasteiger partial charge in [-0.25, -0.2) is 13.9 Å². The number of anilines is 3. The summed E-state index contributed by atoms with van der Waals surface area (Å²) in [4.78, 5) is 26.3. The number of nitrogen functional groups attached to an aromatic ring is 2. The maximum atomic E-state index is 14.1. The van der Waals surface area contributed by atoms with Crippen LogP contribution in [0.5, 0.6) is 0 Å².